The molecule has 7 nitrogen and oxygen atoms in total. The lowest BCUT2D eigenvalue weighted by Crippen LogP contribution is -2.50. The van der Waals surface area contributed by atoms with E-state index in [1.165, 1.54) is 0 Å². The summed E-state index contributed by atoms with van der Waals surface area (Å²) in [5, 5.41) is 0. The van der Waals surface area contributed by atoms with Crippen LogP contribution < -0.4 is 9.47 Å². The lowest BCUT2D eigenvalue weighted by atomic mass is 10.1. The van der Waals surface area contributed by atoms with Crippen molar-refractivity contribution in [1.82, 2.24) is 14.8 Å². The van der Waals surface area contributed by atoms with Crippen LogP contribution in [0.3, 0.4) is 0 Å². The minimum atomic E-state index is -0.0744. The van der Waals surface area contributed by atoms with Gasteiger partial charge in [0.25, 0.3) is 5.91 Å². The molecular formula is C20H23N3O4. The maximum atomic E-state index is 12.8. The van der Waals surface area contributed by atoms with Crippen molar-refractivity contribution < 1.29 is 19.1 Å². The van der Waals surface area contributed by atoms with E-state index in [9.17, 15) is 9.59 Å². The third-order valence-electron chi connectivity index (χ3n) is 4.57. The van der Waals surface area contributed by atoms with Crippen molar-refractivity contribution in [3.8, 4) is 11.5 Å². The van der Waals surface area contributed by atoms with Gasteiger partial charge >= 0.3 is 0 Å². The van der Waals surface area contributed by atoms with Crippen LogP contribution >= 0.6 is 0 Å². The number of carbonyl (C=O) groups is 2. The molecule has 0 atom stereocenters. The SMILES string of the molecule is COc1ccc(C(=O)N2CCN(C(C)=O)CC2)cc1OCc1ccncc1. The van der Waals surface area contributed by atoms with Crippen LogP contribution in [0.1, 0.15) is 22.8 Å². The minimum Gasteiger partial charge on any atom is -0.493 e. The molecule has 2 amide bonds. The number of rotatable bonds is 5. The summed E-state index contributed by atoms with van der Waals surface area (Å²) < 4.78 is 11.2. The Kier molecular flexibility index (Phi) is 5.90. The fourth-order valence-electron chi connectivity index (χ4n) is 2.97. The van der Waals surface area contributed by atoms with Crippen LogP contribution in [0.4, 0.5) is 0 Å². The zero-order valence-corrected chi connectivity index (χ0v) is 15.6. The van der Waals surface area contributed by atoms with E-state index in [1.54, 1.807) is 54.4 Å². The molecule has 2 aromatic rings. The van der Waals surface area contributed by atoms with E-state index in [2.05, 4.69) is 4.98 Å². The Bertz CT molecular complexity index is 802. The molecule has 0 bridgehead atoms. The van der Waals surface area contributed by atoms with Crippen LogP contribution in [0.2, 0.25) is 0 Å². The molecule has 0 radical (unpaired) electrons. The number of pyridine rings is 1. The smallest absolute Gasteiger partial charge is 0.254 e. The fraction of sp³-hybridized carbons (Fsp3) is 0.350. The Morgan fingerprint density at radius 3 is 2.30 bits per heavy atom. The van der Waals surface area contributed by atoms with Gasteiger partial charge in [-0.3, -0.25) is 14.6 Å². The zero-order valence-electron chi connectivity index (χ0n) is 15.6. The zero-order chi connectivity index (χ0) is 19.2. The van der Waals surface area contributed by atoms with Gasteiger partial charge in [-0.05, 0) is 35.9 Å². The van der Waals surface area contributed by atoms with Crippen molar-refractivity contribution in [2.45, 2.75) is 13.5 Å². The van der Waals surface area contributed by atoms with E-state index in [4.69, 9.17) is 9.47 Å². The molecule has 1 saturated heterocycles. The molecule has 2 heterocycles. The van der Waals surface area contributed by atoms with Gasteiger partial charge in [-0.2, -0.15) is 0 Å². The minimum absolute atomic E-state index is 0.0401. The molecule has 1 aromatic carbocycles. The number of ether oxygens (including phenoxy) is 2. The highest BCUT2D eigenvalue weighted by Crippen LogP contribution is 2.29. The second-order valence-electron chi connectivity index (χ2n) is 6.31. The molecule has 1 fully saturated rings. The van der Waals surface area contributed by atoms with Gasteiger partial charge < -0.3 is 19.3 Å². The number of aromatic nitrogens is 1. The summed E-state index contributed by atoms with van der Waals surface area (Å²) in [6.07, 6.45) is 3.41. The van der Waals surface area contributed by atoms with E-state index in [1.807, 2.05) is 12.1 Å². The Hall–Kier alpha value is -3.09. The average molecular weight is 369 g/mol. The molecule has 27 heavy (non-hydrogen) atoms. The Morgan fingerprint density at radius 2 is 1.67 bits per heavy atom. The van der Waals surface area contributed by atoms with Crippen LogP contribution in [-0.2, 0) is 11.4 Å². The molecule has 0 N–H and O–H groups in total. The van der Waals surface area contributed by atoms with E-state index in [0.29, 0.717) is 49.8 Å². The summed E-state index contributed by atoms with van der Waals surface area (Å²) in [5.74, 6) is 1.05. The van der Waals surface area contributed by atoms with E-state index >= 15 is 0 Å². The Morgan fingerprint density at radius 1 is 1.00 bits per heavy atom. The first-order valence-electron chi connectivity index (χ1n) is 8.83. The number of benzene rings is 1. The summed E-state index contributed by atoms with van der Waals surface area (Å²) in [7, 11) is 1.57. The second kappa shape index (κ2) is 8.53. The van der Waals surface area contributed by atoms with Gasteiger partial charge in [0.2, 0.25) is 5.91 Å². The van der Waals surface area contributed by atoms with Gasteiger partial charge in [0.05, 0.1) is 7.11 Å². The Balaban J connectivity index is 1.70. The first kappa shape index (κ1) is 18.7. The molecule has 1 aromatic heterocycles. The number of amides is 2. The second-order valence-corrected chi connectivity index (χ2v) is 6.31. The van der Waals surface area contributed by atoms with Gasteiger partial charge in [0.15, 0.2) is 11.5 Å². The topological polar surface area (TPSA) is 72.0 Å². The van der Waals surface area contributed by atoms with Crippen LogP contribution in [0.25, 0.3) is 0 Å². The van der Waals surface area contributed by atoms with Crippen molar-refractivity contribution in [2.24, 2.45) is 0 Å². The number of hydrogen-bond acceptors (Lipinski definition) is 5. The number of methoxy groups -OCH3 is 1. The first-order chi connectivity index (χ1) is 13.1. The summed E-state index contributed by atoms with van der Waals surface area (Å²) in [6.45, 7) is 4.07. The molecule has 0 aliphatic carbocycles. The van der Waals surface area contributed by atoms with E-state index in [-0.39, 0.29) is 11.8 Å². The monoisotopic (exact) mass is 369 g/mol. The highest BCUT2D eigenvalue weighted by molar-refractivity contribution is 5.95. The van der Waals surface area contributed by atoms with Crippen LogP contribution in [0.15, 0.2) is 42.7 Å². The predicted molar refractivity (Wildman–Crippen MR) is 99.7 cm³/mol. The van der Waals surface area contributed by atoms with Crippen LogP contribution in [0, 0.1) is 0 Å². The number of hydrogen-bond donors (Lipinski definition) is 0. The lowest BCUT2D eigenvalue weighted by molar-refractivity contribution is -0.130. The molecule has 7 heteroatoms. The molecule has 0 unspecified atom stereocenters. The third kappa shape index (κ3) is 4.55. The average Bonchev–Trinajstić information content (AvgIpc) is 2.72. The summed E-state index contributed by atoms with van der Waals surface area (Å²) in [5.41, 5.74) is 1.51. The molecule has 1 aliphatic heterocycles. The van der Waals surface area contributed by atoms with Crippen molar-refractivity contribution in [3.63, 3.8) is 0 Å². The van der Waals surface area contributed by atoms with Crippen molar-refractivity contribution in [1.29, 1.82) is 0 Å². The van der Waals surface area contributed by atoms with E-state index in [0.717, 1.165) is 5.56 Å². The normalized spacial score (nSPS) is 14.0. The Labute approximate surface area is 158 Å². The summed E-state index contributed by atoms with van der Waals surface area (Å²) in [4.78, 5) is 31.8. The molecule has 0 spiro atoms. The molecular weight excluding hydrogens is 346 g/mol. The standard InChI is InChI=1S/C20H23N3O4/c1-15(24)22-9-11-23(12-10-22)20(25)17-3-4-18(26-2)19(13-17)27-14-16-5-7-21-8-6-16/h3-8,13H,9-12,14H2,1-2H3. The van der Waals surface area contributed by atoms with Crippen LogP contribution in [0.5, 0.6) is 11.5 Å². The predicted octanol–water partition coefficient (Wildman–Crippen LogP) is 1.97. The number of nitrogens with zero attached hydrogens (tertiary/aromatic N) is 3. The van der Waals surface area contributed by atoms with Crippen molar-refractivity contribution in [3.05, 3.63) is 53.9 Å². The third-order valence-corrected chi connectivity index (χ3v) is 4.57. The molecule has 3 rings (SSSR count). The van der Waals surface area contributed by atoms with Gasteiger partial charge in [-0.15, -0.1) is 0 Å². The molecule has 0 saturated carbocycles. The van der Waals surface area contributed by atoms with Crippen molar-refractivity contribution >= 4 is 11.8 Å². The maximum Gasteiger partial charge on any atom is 0.254 e. The van der Waals surface area contributed by atoms with Crippen LogP contribution in [-0.4, -0.2) is 59.9 Å². The van der Waals surface area contributed by atoms with Gasteiger partial charge in [-0.1, -0.05) is 0 Å². The van der Waals surface area contributed by atoms with E-state index < -0.39 is 0 Å². The molecule has 142 valence electrons. The van der Waals surface area contributed by atoms with Gasteiger partial charge in [-0.25, -0.2) is 0 Å². The number of carbonyl (C=O) groups excluding carboxylic acids is 2. The van der Waals surface area contributed by atoms with Gasteiger partial charge in [0, 0.05) is 51.1 Å². The highest BCUT2D eigenvalue weighted by atomic mass is 16.5. The van der Waals surface area contributed by atoms with Gasteiger partial charge in [0.1, 0.15) is 6.61 Å². The lowest BCUT2D eigenvalue weighted by Gasteiger charge is -2.34. The summed E-state index contributed by atoms with van der Waals surface area (Å²) in [6, 6.07) is 8.92. The number of piperazine rings is 1. The molecule has 1 aliphatic rings. The maximum absolute atomic E-state index is 12.8. The quantitative estimate of drug-likeness (QED) is 0.806. The highest BCUT2D eigenvalue weighted by Gasteiger charge is 2.24. The fourth-order valence-corrected chi connectivity index (χ4v) is 2.97. The largest absolute Gasteiger partial charge is 0.493 e. The van der Waals surface area contributed by atoms with Crippen molar-refractivity contribution in [2.75, 3.05) is 33.3 Å². The first-order valence-corrected chi connectivity index (χ1v) is 8.83. The summed E-state index contributed by atoms with van der Waals surface area (Å²) >= 11 is 0.